The van der Waals surface area contributed by atoms with Crippen molar-refractivity contribution in [3.8, 4) is 0 Å². The Balaban J connectivity index is 1.28. The third kappa shape index (κ3) is 5.40. The number of carbonyl (C=O) groups excluding carboxylic acids is 3. The van der Waals surface area contributed by atoms with Gasteiger partial charge in [-0.3, -0.25) is 14.6 Å². The number of aryl methyl sites for hydroxylation is 1. The number of para-hydroxylation sites is 1. The number of nitrogens with one attached hydrogen (secondary N) is 1. The highest BCUT2D eigenvalue weighted by atomic mass is 32.1. The molecule has 0 aliphatic carbocycles. The summed E-state index contributed by atoms with van der Waals surface area (Å²) < 4.78 is 1.08. The van der Waals surface area contributed by atoms with Crippen molar-refractivity contribution in [3.05, 3.63) is 101 Å². The van der Waals surface area contributed by atoms with Gasteiger partial charge in [0.15, 0.2) is 0 Å². The summed E-state index contributed by atoms with van der Waals surface area (Å²) in [5, 5.41) is 7.17. The molecule has 1 aromatic heterocycles. The molecule has 0 radical (unpaired) electrons. The number of hydrogen-bond donors (Lipinski definition) is 1. The molecule has 2 atom stereocenters. The van der Waals surface area contributed by atoms with Crippen LogP contribution < -0.4 is 5.32 Å². The molecule has 0 bridgehead atoms. The van der Waals surface area contributed by atoms with E-state index in [9.17, 15) is 14.4 Å². The van der Waals surface area contributed by atoms with Gasteiger partial charge in [0.25, 0.3) is 0 Å². The lowest BCUT2D eigenvalue weighted by atomic mass is 10.00. The second-order valence-corrected chi connectivity index (χ2v) is 11.7. The van der Waals surface area contributed by atoms with Crippen molar-refractivity contribution < 1.29 is 14.4 Å². The molecule has 6 rings (SSSR count). The molecule has 3 aromatic carbocycles. The van der Waals surface area contributed by atoms with Gasteiger partial charge in [0.1, 0.15) is 12.2 Å². The molecule has 10 heteroatoms. The number of amides is 4. The number of benzene rings is 3. The molecule has 41 heavy (non-hydrogen) atoms. The number of rotatable bonds is 7. The number of hydrazine groups is 1. The minimum atomic E-state index is -0.675. The maximum atomic E-state index is 14.0. The van der Waals surface area contributed by atoms with Crippen LogP contribution in [0.4, 0.5) is 4.79 Å². The SMILES string of the molecule is Cc1nc2c(CN3C[C@H]4N(C(=O)CN4N(C)C(=O)NCc4ccccc4)[C@@H](Cc4ccccc4)C3=O)cccc2s1. The Labute approximate surface area is 242 Å². The first-order valence-electron chi connectivity index (χ1n) is 13.7. The van der Waals surface area contributed by atoms with E-state index in [2.05, 4.69) is 5.32 Å². The Bertz CT molecular complexity index is 1580. The number of carbonyl (C=O) groups is 3. The van der Waals surface area contributed by atoms with E-state index in [1.807, 2.05) is 90.7 Å². The number of aromatic nitrogens is 1. The molecule has 2 aliphatic rings. The standard InChI is InChI=1S/C31H32N6O3S/c1-21-33-29-24(14-9-15-26(29)41-21)18-35-19-27-36(34(2)31(40)32-17-23-12-7-4-8-13-23)20-28(38)37(27)25(30(35)39)16-22-10-5-3-6-11-22/h3-15,25,27H,16-20H2,1-2H3,(H,32,40)/t25-,27+/m0/s1. The number of fused-ring (bicyclic) bond motifs is 2. The van der Waals surface area contributed by atoms with E-state index in [-0.39, 0.29) is 30.9 Å². The van der Waals surface area contributed by atoms with Crippen molar-refractivity contribution in [2.75, 3.05) is 20.1 Å². The smallest absolute Gasteiger partial charge is 0.332 e. The lowest BCUT2D eigenvalue weighted by molar-refractivity contribution is -0.157. The molecule has 0 spiro atoms. The Morgan fingerprint density at radius 2 is 1.71 bits per heavy atom. The van der Waals surface area contributed by atoms with E-state index in [1.54, 1.807) is 28.3 Å². The van der Waals surface area contributed by atoms with Gasteiger partial charge in [-0.2, -0.15) is 5.01 Å². The van der Waals surface area contributed by atoms with Crippen LogP contribution in [0.1, 0.15) is 21.7 Å². The van der Waals surface area contributed by atoms with Crippen LogP contribution in [-0.4, -0.2) is 75.0 Å². The van der Waals surface area contributed by atoms with Crippen molar-refractivity contribution in [2.45, 2.75) is 38.6 Å². The number of piperazine rings is 1. The predicted octanol–water partition coefficient (Wildman–Crippen LogP) is 3.79. The molecule has 4 aromatic rings. The van der Waals surface area contributed by atoms with E-state index < -0.39 is 12.2 Å². The topological polar surface area (TPSA) is 89.1 Å². The molecule has 4 amide bonds. The van der Waals surface area contributed by atoms with Crippen molar-refractivity contribution in [1.82, 2.24) is 30.1 Å². The minimum Gasteiger partial charge on any atom is -0.333 e. The summed E-state index contributed by atoms with van der Waals surface area (Å²) in [7, 11) is 1.67. The van der Waals surface area contributed by atoms with Crippen LogP contribution in [0.5, 0.6) is 0 Å². The fourth-order valence-electron chi connectivity index (χ4n) is 5.74. The Hall–Kier alpha value is -4.28. The number of thiazole rings is 1. The van der Waals surface area contributed by atoms with Gasteiger partial charge in [0.05, 0.1) is 28.3 Å². The molecule has 3 heterocycles. The van der Waals surface area contributed by atoms with Gasteiger partial charge in [-0.15, -0.1) is 11.3 Å². The largest absolute Gasteiger partial charge is 0.333 e. The summed E-state index contributed by atoms with van der Waals surface area (Å²) in [6.07, 6.45) is -0.0753. The highest BCUT2D eigenvalue weighted by molar-refractivity contribution is 7.18. The second kappa shape index (κ2) is 11.3. The number of urea groups is 1. The first-order chi connectivity index (χ1) is 19.9. The van der Waals surface area contributed by atoms with Crippen LogP contribution >= 0.6 is 11.3 Å². The normalized spacial score (nSPS) is 19.1. The molecule has 2 saturated heterocycles. The summed E-state index contributed by atoms with van der Waals surface area (Å²) >= 11 is 1.63. The molecule has 1 N–H and O–H groups in total. The van der Waals surface area contributed by atoms with E-state index in [0.717, 1.165) is 31.9 Å². The summed E-state index contributed by atoms with van der Waals surface area (Å²) in [5.41, 5.74) is 3.83. The van der Waals surface area contributed by atoms with Gasteiger partial charge in [-0.05, 0) is 29.7 Å². The van der Waals surface area contributed by atoms with Gasteiger partial charge in [-0.25, -0.2) is 9.78 Å². The van der Waals surface area contributed by atoms with Crippen LogP contribution in [0, 0.1) is 6.92 Å². The maximum Gasteiger partial charge on any atom is 0.332 e. The average molecular weight is 569 g/mol. The third-order valence-electron chi connectivity index (χ3n) is 7.77. The summed E-state index contributed by atoms with van der Waals surface area (Å²) in [5.74, 6) is -0.260. The molecular formula is C31H32N6O3S. The zero-order chi connectivity index (χ0) is 28.5. The molecule has 2 fully saturated rings. The van der Waals surface area contributed by atoms with Crippen LogP contribution in [0.15, 0.2) is 78.9 Å². The molecule has 210 valence electrons. The zero-order valence-corrected chi connectivity index (χ0v) is 23.9. The van der Waals surface area contributed by atoms with Gasteiger partial charge >= 0.3 is 6.03 Å². The van der Waals surface area contributed by atoms with E-state index in [4.69, 9.17) is 4.98 Å². The molecular weight excluding hydrogens is 536 g/mol. The quantitative estimate of drug-likeness (QED) is 0.367. The van der Waals surface area contributed by atoms with E-state index in [0.29, 0.717) is 19.5 Å². The maximum absolute atomic E-state index is 14.0. The highest BCUT2D eigenvalue weighted by Crippen LogP contribution is 2.31. The van der Waals surface area contributed by atoms with Crippen LogP contribution in [0.2, 0.25) is 0 Å². The summed E-state index contributed by atoms with van der Waals surface area (Å²) in [6, 6.07) is 24.5. The van der Waals surface area contributed by atoms with Gasteiger partial charge in [-0.1, -0.05) is 72.8 Å². The van der Waals surface area contributed by atoms with E-state index >= 15 is 0 Å². The summed E-state index contributed by atoms with van der Waals surface area (Å²) in [6.45, 7) is 3.03. The predicted molar refractivity (Wildman–Crippen MR) is 157 cm³/mol. The lowest BCUT2D eigenvalue weighted by Gasteiger charge is -2.45. The van der Waals surface area contributed by atoms with E-state index in [1.165, 1.54) is 5.01 Å². The minimum absolute atomic E-state index is 0.0210. The Morgan fingerprint density at radius 3 is 2.44 bits per heavy atom. The lowest BCUT2D eigenvalue weighted by Crippen LogP contribution is -2.65. The van der Waals surface area contributed by atoms with Crippen molar-refractivity contribution in [2.24, 2.45) is 0 Å². The first-order valence-corrected chi connectivity index (χ1v) is 14.5. The Kier molecular flexibility index (Phi) is 7.42. The number of hydrogen-bond acceptors (Lipinski definition) is 6. The molecule has 9 nitrogen and oxygen atoms in total. The zero-order valence-electron chi connectivity index (χ0n) is 23.1. The average Bonchev–Trinajstić information content (AvgIpc) is 3.53. The van der Waals surface area contributed by atoms with Crippen molar-refractivity contribution in [3.63, 3.8) is 0 Å². The van der Waals surface area contributed by atoms with Gasteiger partial charge in [0.2, 0.25) is 11.8 Å². The molecule has 0 unspecified atom stereocenters. The van der Waals surface area contributed by atoms with Gasteiger partial charge in [0, 0.05) is 26.6 Å². The van der Waals surface area contributed by atoms with Crippen molar-refractivity contribution >= 4 is 39.4 Å². The fraction of sp³-hybridized carbons (Fsp3) is 0.290. The van der Waals surface area contributed by atoms with Crippen LogP contribution in [0.25, 0.3) is 10.2 Å². The number of nitrogens with zero attached hydrogens (tertiary/aromatic N) is 5. The monoisotopic (exact) mass is 568 g/mol. The molecule has 2 aliphatic heterocycles. The fourth-order valence-corrected chi connectivity index (χ4v) is 6.62. The van der Waals surface area contributed by atoms with Crippen molar-refractivity contribution in [1.29, 1.82) is 0 Å². The first kappa shape index (κ1) is 26.9. The van der Waals surface area contributed by atoms with Crippen LogP contribution in [0.3, 0.4) is 0 Å². The third-order valence-corrected chi connectivity index (χ3v) is 8.71. The molecule has 0 saturated carbocycles. The highest BCUT2D eigenvalue weighted by Gasteiger charge is 2.51. The second-order valence-electron chi connectivity index (χ2n) is 10.5. The van der Waals surface area contributed by atoms with Crippen LogP contribution in [-0.2, 0) is 29.1 Å². The Morgan fingerprint density at radius 1 is 1.00 bits per heavy atom. The summed E-state index contributed by atoms with van der Waals surface area (Å²) in [4.78, 5) is 48.9. The van der Waals surface area contributed by atoms with Gasteiger partial charge < -0.3 is 15.1 Å².